The molecule has 1 aromatic carbocycles. The lowest BCUT2D eigenvalue weighted by atomic mass is 10.2. The lowest BCUT2D eigenvalue weighted by molar-refractivity contribution is -0.389. The van der Waals surface area contributed by atoms with Crippen LogP contribution in [0.3, 0.4) is 0 Å². The van der Waals surface area contributed by atoms with E-state index in [-0.39, 0.29) is 16.3 Å². The summed E-state index contributed by atoms with van der Waals surface area (Å²) in [6.07, 6.45) is 0.897. The Bertz CT molecular complexity index is 787. The molecule has 9 heteroatoms. The molecular formula is C12H11N3O5S. The summed E-state index contributed by atoms with van der Waals surface area (Å²) in [5.41, 5.74) is 0.784. The molecule has 0 amide bonds. The van der Waals surface area contributed by atoms with Gasteiger partial charge in [0.1, 0.15) is 10.6 Å². The van der Waals surface area contributed by atoms with Gasteiger partial charge in [-0.2, -0.15) is 0 Å². The Morgan fingerprint density at radius 2 is 2.00 bits per heavy atom. The zero-order chi connectivity index (χ0) is 15.6. The molecule has 2 rings (SSSR count). The van der Waals surface area contributed by atoms with Crippen LogP contribution in [-0.4, -0.2) is 23.4 Å². The third kappa shape index (κ3) is 3.26. The molecule has 0 fully saturated rings. The summed E-state index contributed by atoms with van der Waals surface area (Å²) in [6, 6.07) is 6.40. The van der Waals surface area contributed by atoms with Crippen molar-refractivity contribution >= 4 is 21.5 Å². The number of phenolic OH excluding ortho intramolecular Hbond substituents is 1. The van der Waals surface area contributed by atoms with Gasteiger partial charge in [0.05, 0.1) is 5.69 Å². The largest absolute Gasteiger partial charge is 0.508 e. The maximum absolute atomic E-state index is 12.1. The fraction of sp³-hybridized carbons (Fsp3) is 0.0833. The standard InChI is InChI=1S/C12H11N3O5S/c1-8-2-3-9(6-11(8)16)14-21(19,20)10-4-5-12(13-7-10)15(17)18/h2-7,14,16H,1H3. The molecule has 2 aromatic rings. The highest BCUT2D eigenvalue weighted by atomic mass is 32.2. The van der Waals surface area contributed by atoms with Gasteiger partial charge in [-0.05, 0) is 34.5 Å². The number of benzene rings is 1. The number of sulfonamides is 1. The molecule has 0 aliphatic rings. The maximum Gasteiger partial charge on any atom is 0.363 e. The van der Waals surface area contributed by atoms with E-state index in [2.05, 4.69) is 9.71 Å². The maximum atomic E-state index is 12.1. The SMILES string of the molecule is Cc1ccc(NS(=O)(=O)c2ccc([N+](=O)[O-])nc2)cc1O. The molecule has 21 heavy (non-hydrogen) atoms. The van der Waals surface area contributed by atoms with Crippen molar-refractivity contribution in [1.29, 1.82) is 0 Å². The summed E-state index contributed by atoms with van der Waals surface area (Å²) < 4.78 is 26.4. The average Bonchev–Trinajstić information content (AvgIpc) is 2.43. The van der Waals surface area contributed by atoms with Gasteiger partial charge in [0.15, 0.2) is 6.20 Å². The Morgan fingerprint density at radius 3 is 2.52 bits per heavy atom. The highest BCUT2D eigenvalue weighted by Gasteiger charge is 2.18. The highest BCUT2D eigenvalue weighted by Crippen LogP contribution is 2.23. The smallest absolute Gasteiger partial charge is 0.363 e. The van der Waals surface area contributed by atoms with E-state index >= 15 is 0 Å². The van der Waals surface area contributed by atoms with Crippen molar-refractivity contribution in [1.82, 2.24) is 4.98 Å². The first kappa shape index (κ1) is 14.7. The molecule has 0 aliphatic carbocycles. The number of rotatable bonds is 4. The predicted molar refractivity (Wildman–Crippen MR) is 74.5 cm³/mol. The van der Waals surface area contributed by atoms with Crippen molar-refractivity contribution in [3.63, 3.8) is 0 Å². The minimum atomic E-state index is -3.93. The first-order valence-corrected chi connectivity index (χ1v) is 7.21. The zero-order valence-corrected chi connectivity index (χ0v) is 11.7. The summed E-state index contributed by atoms with van der Waals surface area (Å²) in [7, 11) is -3.93. The summed E-state index contributed by atoms with van der Waals surface area (Å²) >= 11 is 0. The number of hydrogen-bond donors (Lipinski definition) is 2. The lowest BCUT2D eigenvalue weighted by Crippen LogP contribution is -2.13. The second-order valence-electron chi connectivity index (χ2n) is 4.22. The predicted octanol–water partition coefficient (Wildman–Crippen LogP) is 1.80. The number of aromatic hydroxyl groups is 1. The summed E-state index contributed by atoms with van der Waals surface area (Å²) in [6.45, 7) is 1.67. The van der Waals surface area contributed by atoms with E-state index in [1.165, 1.54) is 12.1 Å². The molecule has 0 bridgehead atoms. The quantitative estimate of drug-likeness (QED) is 0.656. The third-order valence-electron chi connectivity index (χ3n) is 2.68. The van der Waals surface area contributed by atoms with Crippen LogP contribution >= 0.6 is 0 Å². The van der Waals surface area contributed by atoms with Crippen LogP contribution in [0.5, 0.6) is 5.75 Å². The van der Waals surface area contributed by atoms with Crippen LogP contribution in [0, 0.1) is 17.0 Å². The molecule has 2 N–H and O–H groups in total. The van der Waals surface area contributed by atoms with Crippen molar-refractivity contribution in [2.45, 2.75) is 11.8 Å². The summed E-state index contributed by atoms with van der Waals surface area (Å²) in [4.78, 5) is 13.0. The molecule has 0 atom stereocenters. The van der Waals surface area contributed by atoms with Crippen LogP contribution < -0.4 is 4.72 Å². The normalized spacial score (nSPS) is 11.1. The number of nitrogens with zero attached hydrogens (tertiary/aromatic N) is 2. The molecule has 0 unspecified atom stereocenters. The average molecular weight is 309 g/mol. The van der Waals surface area contributed by atoms with Crippen LogP contribution in [-0.2, 0) is 10.0 Å². The molecule has 0 radical (unpaired) electrons. The van der Waals surface area contributed by atoms with Crippen LogP contribution in [0.15, 0.2) is 41.4 Å². The molecule has 0 spiro atoms. The van der Waals surface area contributed by atoms with Crippen LogP contribution in [0.1, 0.15) is 5.56 Å². The van der Waals surface area contributed by atoms with Gasteiger partial charge in [0.2, 0.25) is 0 Å². The molecule has 0 saturated heterocycles. The Balaban J connectivity index is 2.29. The number of phenols is 1. The van der Waals surface area contributed by atoms with Gasteiger partial charge in [0, 0.05) is 12.1 Å². The first-order valence-electron chi connectivity index (χ1n) is 5.72. The van der Waals surface area contributed by atoms with E-state index in [4.69, 9.17) is 0 Å². The highest BCUT2D eigenvalue weighted by molar-refractivity contribution is 7.92. The lowest BCUT2D eigenvalue weighted by Gasteiger charge is -2.08. The number of anilines is 1. The van der Waals surface area contributed by atoms with E-state index in [0.717, 1.165) is 18.3 Å². The van der Waals surface area contributed by atoms with Gasteiger partial charge >= 0.3 is 5.82 Å². The number of aromatic nitrogens is 1. The number of nitrogens with one attached hydrogen (secondary N) is 1. The zero-order valence-electron chi connectivity index (χ0n) is 10.8. The number of aryl methyl sites for hydroxylation is 1. The summed E-state index contributed by atoms with van der Waals surface area (Å²) in [5.74, 6) is -0.487. The van der Waals surface area contributed by atoms with Crippen LogP contribution in [0.2, 0.25) is 0 Å². The molecule has 110 valence electrons. The second-order valence-corrected chi connectivity index (χ2v) is 5.90. The Kier molecular flexibility index (Phi) is 3.76. The van der Waals surface area contributed by atoms with E-state index in [1.807, 2.05) is 0 Å². The van der Waals surface area contributed by atoms with Crippen molar-refractivity contribution < 1.29 is 18.4 Å². The van der Waals surface area contributed by atoms with Crippen molar-refractivity contribution in [3.8, 4) is 5.75 Å². The fourth-order valence-corrected chi connectivity index (χ4v) is 2.52. The van der Waals surface area contributed by atoms with Gasteiger partial charge in [-0.25, -0.2) is 8.42 Å². The molecule has 0 saturated carbocycles. The molecule has 1 heterocycles. The van der Waals surface area contributed by atoms with Crippen molar-refractivity contribution in [2.75, 3.05) is 4.72 Å². The van der Waals surface area contributed by atoms with Gasteiger partial charge in [-0.1, -0.05) is 6.07 Å². The van der Waals surface area contributed by atoms with Gasteiger partial charge in [-0.3, -0.25) is 4.72 Å². The Labute approximate surface area is 120 Å². The third-order valence-corrected chi connectivity index (χ3v) is 4.05. The number of nitro groups is 1. The van der Waals surface area contributed by atoms with Gasteiger partial charge < -0.3 is 15.2 Å². The van der Waals surface area contributed by atoms with Crippen LogP contribution in [0.25, 0.3) is 0 Å². The molecular weight excluding hydrogens is 298 g/mol. The molecule has 0 aliphatic heterocycles. The minimum absolute atomic E-state index is 0.0444. The fourth-order valence-electron chi connectivity index (χ4n) is 1.53. The van der Waals surface area contributed by atoms with Gasteiger partial charge in [0.25, 0.3) is 10.0 Å². The number of pyridine rings is 1. The number of hydrogen-bond acceptors (Lipinski definition) is 6. The minimum Gasteiger partial charge on any atom is -0.508 e. The van der Waals surface area contributed by atoms with Crippen LogP contribution in [0.4, 0.5) is 11.5 Å². The Hall–Kier alpha value is -2.68. The van der Waals surface area contributed by atoms with E-state index in [1.54, 1.807) is 13.0 Å². The van der Waals surface area contributed by atoms with Crippen molar-refractivity contribution in [3.05, 3.63) is 52.2 Å². The van der Waals surface area contributed by atoms with Crippen molar-refractivity contribution in [2.24, 2.45) is 0 Å². The topological polar surface area (TPSA) is 122 Å². The monoisotopic (exact) mass is 309 g/mol. The second kappa shape index (κ2) is 5.37. The molecule has 1 aromatic heterocycles. The first-order chi connectivity index (χ1) is 9.79. The van der Waals surface area contributed by atoms with Gasteiger partial charge in [-0.15, -0.1) is 0 Å². The molecule has 8 nitrogen and oxygen atoms in total. The van der Waals surface area contributed by atoms with E-state index in [0.29, 0.717) is 5.56 Å². The van der Waals surface area contributed by atoms with E-state index < -0.39 is 20.8 Å². The van der Waals surface area contributed by atoms with E-state index in [9.17, 15) is 23.6 Å². The summed E-state index contributed by atoms with van der Waals surface area (Å²) in [5, 5.41) is 20.0. The Morgan fingerprint density at radius 1 is 1.29 bits per heavy atom.